The van der Waals surface area contributed by atoms with Crippen LogP contribution in [-0.4, -0.2) is 17.3 Å². The van der Waals surface area contributed by atoms with Crippen LogP contribution in [0.5, 0.6) is 0 Å². The third kappa shape index (κ3) is 2.64. The minimum atomic E-state index is -2.69. The summed E-state index contributed by atoms with van der Waals surface area (Å²) in [5, 5.41) is 2.51. The number of nitrogens with one attached hydrogen (secondary N) is 1. The quantitative estimate of drug-likeness (QED) is 0.923. The largest absolute Gasteiger partial charge is 0.349 e. The van der Waals surface area contributed by atoms with E-state index < -0.39 is 29.6 Å². The molecule has 0 aromatic carbocycles. The maximum absolute atomic E-state index is 13.6. The summed E-state index contributed by atoms with van der Waals surface area (Å²) in [5.41, 5.74) is -1.37. The highest BCUT2D eigenvalue weighted by Crippen LogP contribution is 2.43. The average Bonchev–Trinajstić information content (AvgIpc) is 2.89. The molecule has 1 aromatic rings. The Bertz CT molecular complexity index is 487. The van der Waals surface area contributed by atoms with Crippen LogP contribution in [0.3, 0.4) is 0 Å². The summed E-state index contributed by atoms with van der Waals surface area (Å²) in [6.07, 6.45) is 1.35. The fourth-order valence-corrected chi connectivity index (χ4v) is 2.71. The molecule has 110 valence electrons. The molecule has 2 rings (SSSR count). The first kappa shape index (κ1) is 14.8. The van der Waals surface area contributed by atoms with Crippen molar-refractivity contribution in [1.29, 1.82) is 0 Å². The van der Waals surface area contributed by atoms with Crippen LogP contribution >= 0.6 is 0 Å². The zero-order valence-electron chi connectivity index (χ0n) is 11.2. The topological polar surface area (TPSA) is 42.0 Å². The number of nitrogens with zero attached hydrogens (tertiary/aromatic N) is 1. The van der Waals surface area contributed by atoms with Gasteiger partial charge >= 0.3 is 0 Å². The van der Waals surface area contributed by atoms with Crippen LogP contribution in [0, 0.1) is 11.2 Å². The van der Waals surface area contributed by atoms with Crippen molar-refractivity contribution in [3.05, 3.63) is 29.8 Å². The number of amides is 1. The van der Waals surface area contributed by atoms with Crippen molar-refractivity contribution in [2.24, 2.45) is 5.41 Å². The number of hydrogen-bond acceptors (Lipinski definition) is 2. The number of carbonyl (C=O) groups is 1. The molecule has 1 atom stereocenters. The van der Waals surface area contributed by atoms with Gasteiger partial charge in [0, 0.05) is 11.8 Å². The Morgan fingerprint density at radius 1 is 1.40 bits per heavy atom. The molecular weight excluding hydrogens is 269 g/mol. The molecule has 6 heteroatoms. The van der Waals surface area contributed by atoms with Crippen LogP contribution in [-0.2, 0) is 4.79 Å². The fourth-order valence-electron chi connectivity index (χ4n) is 2.71. The summed E-state index contributed by atoms with van der Waals surface area (Å²) in [6, 6.07) is 0.769. The lowest BCUT2D eigenvalue weighted by Gasteiger charge is -2.28. The Balaban J connectivity index is 2.13. The standard InChI is InChI=1S/C14H17F3N2O/c1-9(10-4-7-18-8-11(10)15)19-13(20)14(12(16)17)5-2-3-6-14/h4,7-9,12H,2-3,5-6H2,1H3,(H,19,20). The highest BCUT2D eigenvalue weighted by Gasteiger charge is 2.49. The zero-order chi connectivity index (χ0) is 14.8. The van der Waals surface area contributed by atoms with Crippen molar-refractivity contribution in [3.8, 4) is 0 Å². The Morgan fingerprint density at radius 3 is 2.60 bits per heavy atom. The van der Waals surface area contributed by atoms with Crippen molar-refractivity contribution in [2.75, 3.05) is 0 Å². The maximum atomic E-state index is 13.6. The average molecular weight is 286 g/mol. The van der Waals surface area contributed by atoms with Gasteiger partial charge in [0.25, 0.3) is 6.43 Å². The summed E-state index contributed by atoms with van der Waals surface area (Å²) in [6.45, 7) is 1.57. The monoisotopic (exact) mass is 286 g/mol. The molecule has 3 nitrogen and oxygen atoms in total. The van der Waals surface area contributed by atoms with Gasteiger partial charge in [-0.1, -0.05) is 12.8 Å². The molecule has 1 unspecified atom stereocenters. The molecule has 0 radical (unpaired) electrons. The van der Waals surface area contributed by atoms with Gasteiger partial charge in [0.05, 0.1) is 12.2 Å². The first-order valence-electron chi connectivity index (χ1n) is 6.66. The van der Waals surface area contributed by atoms with Gasteiger partial charge < -0.3 is 5.32 Å². The number of pyridine rings is 1. The molecule has 0 spiro atoms. The van der Waals surface area contributed by atoms with Gasteiger partial charge in [-0.05, 0) is 25.8 Å². The van der Waals surface area contributed by atoms with E-state index in [0.29, 0.717) is 12.8 Å². The van der Waals surface area contributed by atoms with Gasteiger partial charge in [0.15, 0.2) is 0 Å². The van der Waals surface area contributed by atoms with E-state index >= 15 is 0 Å². The molecular formula is C14H17F3N2O. The van der Waals surface area contributed by atoms with Gasteiger partial charge in [0.2, 0.25) is 5.91 Å². The van der Waals surface area contributed by atoms with E-state index in [1.165, 1.54) is 12.3 Å². The number of rotatable bonds is 4. The smallest absolute Gasteiger partial charge is 0.252 e. The van der Waals surface area contributed by atoms with E-state index in [4.69, 9.17) is 0 Å². The normalized spacial score (nSPS) is 19.1. The van der Waals surface area contributed by atoms with Crippen LogP contribution < -0.4 is 5.32 Å². The number of halogens is 3. The van der Waals surface area contributed by atoms with E-state index in [9.17, 15) is 18.0 Å². The van der Waals surface area contributed by atoms with Crippen LogP contribution in [0.15, 0.2) is 18.5 Å². The predicted molar refractivity (Wildman–Crippen MR) is 67.7 cm³/mol. The molecule has 1 saturated carbocycles. The van der Waals surface area contributed by atoms with Gasteiger partial charge in [0.1, 0.15) is 11.2 Å². The highest BCUT2D eigenvalue weighted by molar-refractivity contribution is 5.83. The third-order valence-electron chi connectivity index (χ3n) is 3.98. The Labute approximate surface area is 115 Å². The first-order chi connectivity index (χ1) is 9.47. The second-order valence-electron chi connectivity index (χ2n) is 5.26. The first-order valence-corrected chi connectivity index (χ1v) is 6.66. The molecule has 1 aromatic heterocycles. The minimum absolute atomic E-state index is 0.183. The Hall–Kier alpha value is -1.59. The third-order valence-corrected chi connectivity index (χ3v) is 3.98. The molecule has 1 fully saturated rings. The number of carbonyl (C=O) groups excluding carboxylic acids is 1. The summed E-state index contributed by atoms with van der Waals surface area (Å²) in [5.74, 6) is -1.24. The fraction of sp³-hybridized carbons (Fsp3) is 0.571. The Kier molecular flexibility index (Phi) is 4.30. The predicted octanol–water partition coefficient (Wildman–Crippen LogP) is 3.22. The Morgan fingerprint density at radius 2 is 2.05 bits per heavy atom. The molecule has 1 aliphatic carbocycles. The van der Waals surface area contributed by atoms with Crippen LogP contribution in [0.4, 0.5) is 13.2 Å². The van der Waals surface area contributed by atoms with E-state index in [-0.39, 0.29) is 18.4 Å². The highest BCUT2D eigenvalue weighted by atomic mass is 19.3. The molecule has 1 aliphatic rings. The molecule has 0 aliphatic heterocycles. The van der Waals surface area contributed by atoms with Crippen molar-refractivity contribution < 1.29 is 18.0 Å². The molecule has 1 heterocycles. The second-order valence-corrected chi connectivity index (χ2v) is 5.26. The van der Waals surface area contributed by atoms with Gasteiger partial charge in [-0.15, -0.1) is 0 Å². The summed E-state index contributed by atoms with van der Waals surface area (Å²) in [7, 11) is 0. The van der Waals surface area contributed by atoms with E-state index in [1.807, 2.05) is 0 Å². The molecule has 1 N–H and O–H groups in total. The van der Waals surface area contributed by atoms with Crippen molar-refractivity contribution in [2.45, 2.75) is 45.1 Å². The summed E-state index contributed by atoms with van der Waals surface area (Å²) >= 11 is 0. The number of aromatic nitrogens is 1. The molecule has 0 saturated heterocycles. The summed E-state index contributed by atoms with van der Waals surface area (Å²) in [4.78, 5) is 15.8. The number of alkyl halides is 2. The SMILES string of the molecule is CC(NC(=O)C1(C(F)F)CCCC1)c1ccncc1F. The van der Waals surface area contributed by atoms with E-state index in [0.717, 1.165) is 6.20 Å². The summed E-state index contributed by atoms with van der Waals surface area (Å²) < 4.78 is 40.0. The second kappa shape index (κ2) is 5.81. The lowest BCUT2D eigenvalue weighted by atomic mass is 9.85. The lowest BCUT2D eigenvalue weighted by Crippen LogP contribution is -2.45. The maximum Gasteiger partial charge on any atom is 0.252 e. The molecule has 20 heavy (non-hydrogen) atoms. The lowest BCUT2D eigenvalue weighted by molar-refractivity contribution is -0.141. The van der Waals surface area contributed by atoms with Gasteiger partial charge in [-0.25, -0.2) is 13.2 Å². The molecule has 0 bridgehead atoms. The van der Waals surface area contributed by atoms with E-state index in [2.05, 4.69) is 10.3 Å². The van der Waals surface area contributed by atoms with Gasteiger partial charge in [-0.2, -0.15) is 0 Å². The number of hydrogen-bond donors (Lipinski definition) is 1. The van der Waals surface area contributed by atoms with Crippen LogP contribution in [0.25, 0.3) is 0 Å². The minimum Gasteiger partial charge on any atom is -0.349 e. The van der Waals surface area contributed by atoms with Crippen LogP contribution in [0.2, 0.25) is 0 Å². The zero-order valence-corrected chi connectivity index (χ0v) is 11.2. The van der Waals surface area contributed by atoms with Crippen LogP contribution in [0.1, 0.15) is 44.2 Å². The van der Waals surface area contributed by atoms with Crippen molar-refractivity contribution in [1.82, 2.24) is 10.3 Å². The van der Waals surface area contributed by atoms with Crippen molar-refractivity contribution in [3.63, 3.8) is 0 Å². The van der Waals surface area contributed by atoms with Crippen molar-refractivity contribution >= 4 is 5.91 Å². The van der Waals surface area contributed by atoms with E-state index in [1.54, 1.807) is 6.92 Å². The molecule has 1 amide bonds. The van der Waals surface area contributed by atoms with Gasteiger partial charge in [-0.3, -0.25) is 9.78 Å².